The molecule has 0 amide bonds. The van der Waals surface area contributed by atoms with Gasteiger partial charge in [0.2, 0.25) is 0 Å². The predicted molar refractivity (Wildman–Crippen MR) is 166 cm³/mol. The van der Waals surface area contributed by atoms with Gasteiger partial charge in [-0.05, 0) is 61.9 Å². The van der Waals surface area contributed by atoms with Crippen molar-refractivity contribution >= 4 is 43.8 Å². The summed E-state index contributed by atoms with van der Waals surface area (Å²) in [5.74, 6) is -0.0673. The fourth-order valence-corrected chi connectivity index (χ4v) is 5.89. The maximum atomic E-state index is 15.5. The van der Waals surface area contributed by atoms with Crippen LogP contribution in [0.3, 0.4) is 0 Å². The number of hydrogen-bond acceptors (Lipinski definition) is 8. The van der Waals surface area contributed by atoms with Gasteiger partial charge in [0, 0.05) is 35.5 Å². The molecule has 1 aliphatic heterocycles. The van der Waals surface area contributed by atoms with Gasteiger partial charge in [-0.15, -0.1) is 0 Å². The molecular weight excluding hydrogens is 612 g/mol. The van der Waals surface area contributed by atoms with Gasteiger partial charge in [0.1, 0.15) is 41.7 Å². The van der Waals surface area contributed by atoms with Crippen molar-refractivity contribution in [2.24, 2.45) is 0 Å². The van der Waals surface area contributed by atoms with Crippen molar-refractivity contribution < 1.29 is 31.4 Å². The lowest BCUT2D eigenvalue weighted by Gasteiger charge is -2.30. The minimum atomic E-state index is -3.23. The van der Waals surface area contributed by atoms with E-state index in [9.17, 15) is 12.8 Å². The Kier molecular flexibility index (Phi) is 9.67. The monoisotopic (exact) mass is 643 g/mol. The Hall–Kier alpha value is -3.80. The molecule has 1 atom stereocenters. The molecule has 5 rings (SSSR count). The SMILES string of the molecule is CC(C)S(=O)(=O)CCOCCC1(c2cc3c(Nc4ccc(OCc5cccc(F)c5)c(Cl)c4)ncnc3cc2F)CC=CO1. The van der Waals surface area contributed by atoms with Crippen molar-refractivity contribution in [3.05, 3.63) is 101 Å². The van der Waals surface area contributed by atoms with Crippen LogP contribution in [0.2, 0.25) is 5.02 Å². The Balaban J connectivity index is 1.33. The fourth-order valence-electron chi connectivity index (χ4n) is 4.83. The first kappa shape index (κ1) is 31.6. The molecule has 8 nitrogen and oxygen atoms in total. The van der Waals surface area contributed by atoms with Crippen molar-refractivity contribution in [3.8, 4) is 5.75 Å². The normalized spacial score (nSPS) is 16.4. The van der Waals surface area contributed by atoms with Gasteiger partial charge in [0.15, 0.2) is 9.84 Å². The Bertz CT molecular complexity index is 1780. The van der Waals surface area contributed by atoms with Crippen molar-refractivity contribution in [1.29, 1.82) is 0 Å². The van der Waals surface area contributed by atoms with Crippen LogP contribution in [0.25, 0.3) is 10.9 Å². The Morgan fingerprint density at radius 3 is 2.66 bits per heavy atom. The van der Waals surface area contributed by atoms with E-state index in [0.717, 1.165) is 0 Å². The molecule has 2 heterocycles. The molecule has 1 aromatic heterocycles. The molecule has 3 aromatic carbocycles. The highest BCUT2D eigenvalue weighted by Gasteiger charge is 2.38. The van der Waals surface area contributed by atoms with Crippen molar-refractivity contribution in [2.75, 3.05) is 24.3 Å². The van der Waals surface area contributed by atoms with E-state index in [2.05, 4.69) is 15.3 Å². The molecule has 1 unspecified atom stereocenters. The fraction of sp³-hybridized carbons (Fsp3) is 0.312. The summed E-state index contributed by atoms with van der Waals surface area (Å²) in [6, 6.07) is 14.3. The van der Waals surface area contributed by atoms with Crippen LogP contribution in [0.1, 0.15) is 37.8 Å². The van der Waals surface area contributed by atoms with Gasteiger partial charge in [-0.2, -0.15) is 0 Å². The van der Waals surface area contributed by atoms with E-state index in [4.69, 9.17) is 25.8 Å². The first-order chi connectivity index (χ1) is 21.1. The van der Waals surface area contributed by atoms with E-state index in [1.54, 1.807) is 50.2 Å². The molecule has 0 saturated heterocycles. The number of nitrogens with zero attached hydrogens (tertiary/aromatic N) is 2. The smallest absolute Gasteiger partial charge is 0.154 e. The molecule has 0 bridgehead atoms. The molecule has 232 valence electrons. The largest absolute Gasteiger partial charge is 0.490 e. The highest BCUT2D eigenvalue weighted by atomic mass is 35.5. The molecule has 1 aliphatic rings. The number of fused-ring (bicyclic) bond motifs is 1. The van der Waals surface area contributed by atoms with Crippen LogP contribution in [-0.2, 0) is 31.5 Å². The van der Waals surface area contributed by atoms with E-state index in [0.29, 0.717) is 57.1 Å². The lowest BCUT2D eigenvalue weighted by molar-refractivity contribution is 0.000259. The lowest BCUT2D eigenvalue weighted by Crippen LogP contribution is -2.29. The summed E-state index contributed by atoms with van der Waals surface area (Å²) in [6.07, 6.45) is 5.39. The van der Waals surface area contributed by atoms with Crippen molar-refractivity contribution in [3.63, 3.8) is 0 Å². The van der Waals surface area contributed by atoms with Crippen molar-refractivity contribution in [1.82, 2.24) is 9.97 Å². The van der Waals surface area contributed by atoms with Crippen LogP contribution in [0, 0.1) is 11.6 Å². The van der Waals surface area contributed by atoms with Crippen LogP contribution in [-0.4, -0.2) is 42.6 Å². The average molecular weight is 644 g/mol. The Labute approximate surface area is 260 Å². The van der Waals surface area contributed by atoms with Crippen LogP contribution >= 0.6 is 11.6 Å². The molecule has 44 heavy (non-hydrogen) atoms. The van der Waals surface area contributed by atoms with Gasteiger partial charge in [-0.3, -0.25) is 0 Å². The quantitative estimate of drug-likeness (QED) is 0.152. The maximum absolute atomic E-state index is 15.5. The third-order valence-corrected chi connectivity index (χ3v) is 9.88. The first-order valence-corrected chi connectivity index (χ1v) is 16.2. The average Bonchev–Trinajstić information content (AvgIpc) is 3.46. The molecule has 0 radical (unpaired) electrons. The topological polar surface area (TPSA) is 99.6 Å². The number of aromatic nitrogens is 2. The van der Waals surface area contributed by atoms with Gasteiger partial charge < -0.3 is 19.5 Å². The number of hydrogen-bond donors (Lipinski definition) is 1. The summed E-state index contributed by atoms with van der Waals surface area (Å²) in [6.45, 7) is 3.63. The molecule has 4 aromatic rings. The second-order valence-electron chi connectivity index (χ2n) is 10.7. The number of benzene rings is 3. The maximum Gasteiger partial charge on any atom is 0.154 e. The van der Waals surface area contributed by atoms with Gasteiger partial charge in [0.05, 0.1) is 41.0 Å². The Morgan fingerprint density at radius 2 is 1.93 bits per heavy atom. The molecular formula is C32H32ClF2N3O5S. The number of nitrogens with one attached hydrogen (secondary N) is 1. The third-order valence-electron chi connectivity index (χ3n) is 7.41. The summed E-state index contributed by atoms with van der Waals surface area (Å²) in [5.41, 5.74) is 0.944. The highest BCUT2D eigenvalue weighted by Crippen LogP contribution is 2.41. The van der Waals surface area contributed by atoms with E-state index in [1.807, 2.05) is 6.08 Å². The summed E-state index contributed by atoms with van der Waals surface area (Å²) in [5, 5.41) is 3.64. The molecule has 0 saturated carbocycles. The molecule has 1 N–H and O–H groups in total. The molecule has 12 heteroatoms. The standard InChI is InChI=1S/C32H32ClF2N3O5S/c1-21(2)44(39,40)14-13-41-12-10-32(9-4-11-43-32)26-17-25-29(18-28(26)35)36-20-37-31(25)38-24-7-8-30(27(33)16-24)42-19-22-5-3-6-23(34)15-22/h3-8,11,15-18,20-21H,9-10,12-14,19H2,1-2H3,(H,36,37,38). The lowest BCUT2D eigenvalue weighted by atomic mass is 9.87. The highest BCUT2D eigenvalue weighted by molar-refractivity contribution is 7.91. The summed E-state index contributed by atoms with van der Waals surface area (Å²) < 4.78 is 70.6. The number of anilines is 2. The van der Waals surface area contributed by atoms with Crippen LogP contribution < -0.4 is 10.1 Å². The van der Waals surface area contributed by atoms with Crippen LogP contribution in [0.4, 0.5) is 20.3 Å². The van der Waals surface area contributed by atoms with Gasteiger partial charge >= 0.3 is 0 Å². The van der Waals surface area contributed by atoms with Gasteiger partial charge in [0.25, 0.3) is 0 Å². The van der Waals surface area contributed by atoms with Crippen LogP contribution in [0.5, 0.6) is 5.75 Å². The number of halogens is 3. The van der Waals surface area contributed by atoms with Crippen LogP contribution in [0.15, 0.2) is 73.3 Å². The number of rotatable bonds is 13. The second kappa shape index (κ2) is 13.5. The summed E-state index contributed by atoms with van der Waals surface area (Å²) in [7, 11) is -3.23. The van der Waals surface area contributed by atoms with E-state index < -0.39 is 26.5 Å². The zero-order valence-electron chi connectivity index (χ0n) is 24.2. The minimum absolute atomic E-state index is 0.0450. The van der Waals surface area contributed by atoms with Crippen molar-refractivity contribution in [2.45, 2.75) is 44.1 Å². The third kappa shape index (κ3) is 7.28. The van der Waals surface area contributed by atoms with E-state index in [-0.39, 0.29) is 31.4 Å². The zero-order valence-corrected chi connectivity index (χ0v) is 25.8. The summed E-state index contributed by atoms with van der Waals surface area (Å²) in [4.78, 5) is 8.64. The number of ether oxygens (including phenoxy) is 3. The summed E-state index contributed by atoms with van der Waals surface area (Å²) >= 11 is 6.48. The van der Waals surface area contributed by atoms with E-state index in [1.165, 1.54) is 30.8 Å². The zero-order chi connectivity index (χ0) is 31.3. The van der Waals surface area contributed by atoms with Gasteiger partial charge in [-0.25, -0.2) is 27.2 Å². The number of sulfone groups is 1. The minimum Gasteiger partial charge on any atom is -0.490 e. The predicted octanol–water partition coefficient (Wildman–Crippen LogP) is 7.24. The second-order valence-corrected chi connectivity index (χ2v) is 13.8. The Morgan fingerprint density at radius 1 is 1.09 bits per heavy atom. The molecule has 0 aliphatic carbocycles. The van der Waals surface area contributed by atoms with E-state index >= 15 is 4.39 Å². The van der Waals surface area contributed by atoms with Gasteiger partial charge in [-0.1, -0.05) is 23.7 Å². The molecule has 0 fully saturated rings. The first-order valence-electron chi connectivity index (χ1n) is 14.1. The molecule has 0 spiro atoms.